The normalized spacial score (nSPS) is 10.6. The molecule has 0 saturated carbocycles. The van der Waals surface area contributed by atoms with Crippen molar-refractivity contribution >= 4 is 11.6 Å². The van der Waals surface area contributed by atoms with Crippen LogP contribution in [0.4, 0.5) is 0 Å². The van der Waals surface area contributed by atoms with Crippen LogP contribution in [0.1, 0.15) is 23.1 Å². The minimum Gasteiger partial charge on any atom is -0.476 e. The van der Waals surface area contributed by atoms with Crippen molar-refractivity contribution in [2.24, 2.45) is 0 Å². The Morgan fingerprint density at radius 1 is 1.64 bits per heavy atom. The van der Waals surface area contributed by atoms with Gasteiger partial charge in [-0.25, -0.2) is 14.8 Å². The van der Waals surface area contributed by atoms with E-state index in [-0.39, 0.29) is 5.69 Å². The third kappa shape index (κ3) is 1.32. The Morgan fingerprint density at radius 3 is 3.07 bits per heavy atom. The highest BCUT2D eigenvalue weighted by Gasteiger charge is 2.08. The van der Waals surface area contributed by atoms with Crippen LogP contribution in [0.5, 0.6) is 0 Å². The summed E-state index contributed by atoms with van der Waals surface area (Å²) in [6.45, 7) is 1.99. The molecule has 1 N–H and O–H groups in total. The molecule has 0 saturated heterocycles. The van der Waals surface area contributed by atoms with E-state index in [0.717, 1.165) is 12.1 Å². The van der Waals surface area contributed by atoms with Crippen molar-refractivity contribution in [1.29, 1.82) is 0 Å². The second kappa shape index (κ2) is 3.10. The van der Waals surface area contributed by atoms with Gasteiger partial charge in [0.25, 0.3) is 0 Å². The molecular weight excluding hydrogens is 182 g/mol. The van der Waals surface area contributed by atoms with E-state index < -0.39 is 5.97 Å². The summed E-state index contributed by atoms with van der Waals surface area (Å²) >= 11 is 0. The minimum absolute atomic E-state index is 0.0417. The lowest BCUT2D eigenvalue weighted by Crippen LogP contribution is -1.94. The fourth-order valence-electron chi connectivity index (χ4n) is 1.23. The molecule has 5 heteroatoms. The first-order valence-corrected chi connectivity index (χ1v) is 4.27. The quantitative estimate of drug-likeness (QED) is 0.768. The number of carboxylic acids is 1. The molecule has 0 aromatic carbocycles. The summed E-state index contributed by atoms with van der Waals surface area (Å²) < 4.78 is 1.60. The number of imidazole rings is 1. The molecule has 0 aliphatic rings. The number of hydrogen-bond acceptors (Lipinski definition) is 3. The molecule has 2 aromatic heterocycles. The third-order valence-corrected chi connectivity index (χ3v) is 1.99. The zero-order chi connectivity index (χ0) is 10.1. The second-order valence-electron chi connectivity index (χ2n) is 2.93. The van der Waals surface area contributed by atoms with Crippen LogP contribution in [0, 0.1) is 0 Å². The number of carbonyl (C=O) groups is 1. The van der Waals surface area contributed by atoms with Gasteiger partial charge in [-0.3, -0.25) is 4.40 Å². The van der Waals surface area contributed by atoms with E-state index in [9.17, 15) is 4.79 Å². The molecule has 5 nitrogen and oxygen atoms in total. The van der Waals surface area contributed by atoms with Crippen LogP contribution in [0.3, 0.4) is 0 Å². The van der Waals surface area contributed by atoms with Crippen molar-refractivity contribution in [3.05, 3.63) is 30.0 Å². The first kappa shape index (κ1) is 8.68. The molecular formula is C9H9N3O2. The average Bonchev–Trinajstić information content (AvgIpc) is 2.59. The lowest BCUT2D eigenvalue weighted by Gasteiger charge is -1.95. The standard InChI is InChI=1S/C9H9N3O2/c1-2-6-3-8-11-7(9(13)14)4-12(8)5-10-6/h3-5H,2H2,1H3,(H,13,14). The van der Waals surface area contributed by atoms with Crippen molar-refractivity contribution in [2.45, 2.75) is 13.3 Å². The van der Waals surface area contributed by atoms with Crippen LogP contribution in [-0.2, 0) is 6.42 Å². The van der Waals surface area contributed by atoms with E-state index in [1.165, 1.54) is 6.20 Å². The van der Waals surface area contributed by atoms with Crippen molar-refractivity contribution in [3.8, 4) is 0 Å². The number of hydrogen-bond donors (Lipinski definition) is 1. The monoisotopic (exact) mass is 191 g/mol. The first-order valence-electron chi connectivity index (χ1n) is 4.27. The molecule has 2 rings (SSSR count). The highest BCUT2D eigenvalue weighted by atomic mass is 16.4. The number of fused-ring (bicyclic) bond motifs is 1. The molecule has 0 aliphatic heterocycles. The maximum atomic E-state index is 10.6. The molecule has 2 aromatic rings. The summed E-state index contributed by atoms with van der Waals surface area (Å²) in [6.07, 6.45) is 3.84. The predicted molar refractivity (Wildman–Crippen MR) is 49.3 cm³/mol. The Morgan fingerprint density at radius 2 is 2.43 bits per heavy atom. The Labute approximate surface area is 80.0 Å². The van der Waals surface area contributed by atoms with Gasteiger partial charge in [-0.2, -0.15) is 0 Å². The fraction of sp³-hybridized carbons (Fsp3) is 0.222. The van der Waals surface area contributed by atoms with Gasteiger partial charge in [-0.05, 0) is 6.42 Å². The maximum absolute atomic E-state index is 10.6. The number of carboxylic acid groups (broad SMARTS) is 1. The molecule has 0 atom stereocenters. The van der Waals surface area contributed by atoms with Gasteiger partial charge in [0.05, 0.1) is 0 Å². The Bertz CT molecular complexity index is 490. The number of aromatic carboxylic acids is 1. The predicted octanol–water partition coefficient (Wildman–Crippen LogP) is 0.990. The summed E-state index contributed by atoms with van der Waals surface area (Å²) in [5.41, 5.74) is 1.56. The second-order valence-corrected chi connectivity index (χ2v) is 2.93. The van der Waals surface area contributed by atoms with Gasteiger partial charge in [0.1, 0.15) is 12.0 Å². The van der Waals surface area contributed by atoms with Crippen LogP contribution in [0.25, 0.3) is 5.65 Å². The SMILES string of the molecule is CCc1cc2nc(C(=O)O)cn2cn1. The van der Waals surface area contributed by atoms with Crippen molar-refractivity contribution < 1.29 is 9.90 Å². The van der Waals surface area contributed by atoms with Crippen molar-refractivity contribution in [1.82, 2.24) is 14.4 Å². The van der Waals surface area contributed by atoms with E-state index in [1.54, 1.807) is 16.8 Å². The van der Waals surface area contributed by atoms with Crippen LogP contribution in [0.15, 0.2) is 18.6 Å². The maximum Gasteiger partial charge on any atom is 0.356 e. The minimum atomic E-state index is -1.02. The molecule has 0 unspecified atom stereocenters. The lowest BCUT2D eigenvalue weighted by atomic mass is 10.3. The van der Waals surface area contributed by atoms with E-state index in [4.69, 9.17) is 5.11 Å². The van der Waals surface area contributed by atoms with Crippen molar-refractivity contribution in [3.63, 3.8) is 0 Å². The smallest absolute Gasteiger partial charge is 0.356 e. The van der Waals surface area contributed by atoms with E-state index in [0.29, 0.717) is 5.65 Å². The molecule has 0 spiro atoms. The fourth-order valence-corrected chi connectivity index (χ4v) is 1.23. The van der Waals surface area contributed by atoms with Crippen LogP contribution in [-0.4, -0.2) is 25.4 Å². The van der Waals surface area contributed by atoms with E-state index in [1.807, 2.05) is 6.92 Å². The Balaban J connectivity index is 2.60. The highest BCUT2D eigenvalue weighted by Crippen LogP contribution is 2.06. The molecule has 0 fully saturated rings. The number of aryl methyl sites for hydroxylation is 1. The van der Waals surface area contributed by atoms with Gasteiger partial charge in [0.2, 0.25) is 0 Å². The van der Waals surface area contributed by atoms with E-state index >= 15 is 0 Å². The van der Waals surface area contributed by atoms with E-state index in [2.05, 4.69) is 9.97 Å². The molecule has 0 amide bonds. The zero-order valence-electron chi connectivity index (χ0n) is 7.64. The number of rotatable bonds is 2. The van der Waals surface area contributed by atoms with Gasteiger partial charge < -0.3 is 5.11 Å². The summed E-state index contributed by atoms with van der Waals surface area (Å²) in [4.78, 5) is 18.7. The van der Waals surface area contributed by atoms with Crippen LogP contribution >= 0.6 is 0 Å². The van der Waals surface area contributed by atoms with Gasteiger partial charge in [-0.15, -0.1) is 0 Å². The molecule has 0 aliphatic carbocycles. The van der Waals surface area contributed by atoms with Gasteiger partial charge in [0.15, 0.2) is 5.69 Å². The Hall–Kier alpha value is -1.91. The lowest BCUT2D eigenvalue weighted by molar-refractivity contribution is 0.0691. The number of nitrogens with zero attached hydrogens (tertiary/aromatic N) is 3. The molecule has 72 valence electrons. The summed E-state index contributed by atoms with van der Waals surface area (Å²) in [7, 11) is 0. The topological polar surface area (TPSA) is 67.5 Å². The highest BCUT2D eigenvalue weighted by molar-refractivity contribution is 5.86. The van der Waals surface area contributed by atoms with Gasteiger partial charge >= 0.3 is 5.97 Å². The third-order valence-electron chi connectivity index (χ3n) is 1.99. The average molecular weight is 191 g/mol. The first-order chi connectivity index (χ1) is 6.70. The molecule has 2 heterocycles. The zero-order valence-corrected chi connectivity index (χ0v) is 7.64. The summed E-state index contributed by atoms with van der Waals surface area (Å²) in [5.74, 6) is -1.02. The summed E-state index contributed by atoms with van der Waals surface area (Å²) in [6, 6.07) is 1.78. The van der Waals surface area contributed by atoms with Gasteiger partial charge in [-0.1, -0.05) is 6.92 Å². The molecule has 0 radical (unpaired) electrons. The van der Waals surface area contributed by atoms with Crippen molar-refractivity contribution in [2.75, 3.05) is 0 Å². The van der Waals surface area contributed by atoms with Crippen LogP contribution < -0.4 is 0 Å². The molecule has 0 bridgehead atoms. The Kier molecular flexibility index (Phi) is 1.92. The largest absolute Gasteiger partial charge is 0.476 e. The van der Waals surface area contributed by atoms with Crippen LogP contribution in [0.2, 0.25) is 0 Å². The summed E-state index contributed by atoms with van der Waals surface area (Å²) in [5, 5.41) is 8.72. The number of aromatic nitrogens is 3. The van der Waals surface area contributed by atoms with Gasteiger partial charge in [0, 0.05) is 18.0 Å². The molecule has 14 heavy (non-hydrogen) atoms.